The molecule has 1 N–H and O–H groups in total. The van der Waals surface area contributed by atoms with E-state index in [4.69, 9.17) is 5.11 Å². The zero-order valence-corrected chi connectivity index (χ0v) is 12.0. The van der Waals surface area contributed by atoms with Crippen molar-refractivity contribution in [1.29, 1.82) is 0 Å². The van der Waals surface area contributed by atoms with E-state index in [9.17, 15) is 27.2 Å². The Morgan fingerprint density at radius 3 is 1.91 bits per heavy atom. The number of halogens is 4. The molecule has 0 aliphatic carbocycles. The monoisotopic (exact) mass is 328 g/mol. The van der Waals surface area contributed by atoms with Crippen molar-refractivity contribution in [3.05, 3.63) is 24.3 Å². The molecule has 0 aromatic rings. The fourth-order valence-electron chi connectivity index (χ4n) is 1.08. The predicted octanol–water partition coefficient (Wildman–Crippen LogP) is 2.77. The number of carbonyl (C=O) groups is 2. The van der Waals surface area contributed by atoms with Crippen LogP contribution in [-0.4, -0.2) is 41.8 Å². The molecule has 126 valence electrons. The van der Waals surface area contributed by atoms with Crippen LogP contribution in [-0.2, 0) is 19.1 Å². The lowest BCUT2D eigenvalue weighted by atomic mass is 10.0. The van der Waals surface area contributed by atoms with Crippen LogP contribution in [0.2, 0.25) is 0 Å². The summed E-state index contributed by atoms with van der Waals surface area (Å²) in [4.78, 5) is 20.4. The molecular weight excluding hydrogens is 312 g/mol. The fourth-order valence-corrected chi connectivity index (χ4v) is 1.08. The van der Waals surface area contributed by atoms with E-state index in [1.54, 1.807) is 0 Å². The highest BCUT2D eigenvalue weighted by Crippen LogP contribution is 2.50. The van der Waals surface area contributed by atoms with Crippen LogP contribution in [0.1, 0.15) is 20.3 Å². The summed E-state index contributed by atoms with van der Waals surface area (Å²) in [6.45, 7) is 8.83. The van der Waals surface area contributed by atoms with Gasteiger partial charge in [-0.3, -0.25) is 0 Å². The summed E-state index contributed by atoms with van der Waals surface area (Å²) in [5.41, 5.74) is 0.279. The lowest BCUT2D eigenvalue weighted by Gasteiger charge is -2.42. The highest BCUT2D eigenvalue weighted by atomic mass is 19.3. The van der Waals surface area contributed by atoms with Gasteiger partial charge in [-0.25, -0.2) is 9.59 Å². The quantitative estimate of drug-likeness (QED) is 0.477. The van der Waals surface area contributed by atoms with Gasteiger partial charge in [-0.1, -0.05) is 13.2 Å². The first-order valence-electron chi connectivity index (χ1n) is 5.97. The van der Waals surface area contributed by atoms with E-state index in [-0.39, 0.29) is 11.1 Å². The maximum absolute atomic E-state index is 12.6. The molecule has 0 aromatic carbocycles. The molecule has 0 aromatic heterocycles. The van der Waals surface area contributed by atoms with Gasteiger partial charge in [-0.2, -0.15) is 17.6 Å². The van der Waals surface area contributed by atoms with E-state index in [0.29, 0.717) is 0 Å². The SMILES string of the molecule is C=C(C)C(=O)O.C=C(C)C(=O)OCCC1OC(F)(F)C1(F)F. The Hall–Kier alpha value is -1.90. The van der Waals surface area contributed by atoms with Gasteiger partial charge in [-0.05, 0) is 13.8 Å². The normalized spacial score (nSPS) is 20.7. The lowest BCUT2D eigenvalue weighted by Crippen LogP contribution is -2.65. The second kappa shape index (κ2) is 7.39. The van der Waals surface area contributed by atoms with Crippen molar-refractivity contribution in [3.63, 3.8) is 0 Å². The summed E-state index contributed by atoms with van der Waals surface area (Å²) in [6, 6.07) is 0. The molecule has 1 saturated heterocycles. The van der Waals surface area contributed by atoms with Crippen LogP contribution in [0, 0.1) is 0 Å². The average Bonchev–Trinajstić information content (AvgIpc) is 2.37. The van der Waals surface area contributed by atoms with Gasteiger partial charge >= 0.3 is 24.0 Å². The summed E-state index contributed by atoms with van der Waals surface area (Å²) in [7, 11) is 0. The molecular formula is C13H16F4O5. The summed E-state index contributed by atoms with van der Waals surface area (Å²) in [5.74, 6) is -5.90. The Bertz CT molecular complexity index is 461. The number of carboxylic acids is 1. The van der Waals surface area contributed by atoms with Gasteiger partial charge in [0, 0.05) is 17.6 Å². The zero-order valence-electron chi connectivity index (χ0n) is 12.0. The smallest absolute Gasteiger partial charge is 0.422 e. The molecule has 1 fully saturated rings. The number of ether oxygens (including phenoxy) is 2. The van der Waals surface area contributed by atoms with Crippen molar-refractivity contribution in [2.24, 2.45) is 0 Å². The van der Waals surface area contributed by atoms with Crippen LogP contribution in [0.5, 0.6) is 0 Å². The standard InChI is InChI=1S/C9H10F4O3.C4H6O2/c1-5(2)7(14)15-4-3-6-8(10,11)9(12,13)16-6;1-3(2)4(5)6/h6H,1,3-4H2,2H3;1H2,2H3,(H,5,6). The van der Waals surface area contributed by atoms with E-state index in [1.165, 1.54) is 13.8 Å². The second-order valence-electron chi connectivity index (χ2n) is 4.54. The minimum Gasteiger partial charge on any atom is -0.478 e. The Kier molecular flexibility index (Phi) is 6.75. The van der Waals surface area contributed by atoms with E-state index in [0.717, 1.165) is 0 Å². The highest BCUT2D eigenvalue weighted by Gasteiger charge is 2.73. The van der Waals surface area contributed by atoms with Crippen molar-refractivity contribution in [3.8, 4) is 0 Å². The molecule has 0 spiro atoms. The zero-order chi connectivity index (χ0) is 17.7. The molecule has 1 heterocycles. The largest absolute Gasteiger partial charge is 0.478 e. The number of alkyl halides is 4. The van der Waals surface area contributed by atoms with Crippen LogP contribution >= 0.6 is 0 Å². The van der Waals surface area contributed by atoms with Crippen LogP contribution in [0.25, 0.3) is 0 Å². The Morgan fingerprint density at radius 1 is 1.18 bits per heavy atom. The number of carboxylic acid groups (broad SMARTS) is 1. The van der Waals surface area contributed by atoms with Gasteiger partial charge < -0.3 is 14.6 Å². The minimum absolute atomic E-state index is 0.103. The Morgan fingerprint density at radius 2 is 1.64 bits per heavy atom. The van der Waals surface area contributed by atoms with Crippen molar-refractivity contribution in [2.45, 2.75) is 38.4 Å². The van der Waals surface area contributed by atoms with Gasteiger partial charge in [0.25, 0.3) is 0 Å². The molecule has 1 atom stereocenters. The number of esters is 1. The van der Waals surface area contributed by atoms with Gasteiger partial charge in [0.1, 0.15) is 6.10 Å². The highest BCUT2D eigenvalue weighted by molar-refractivity contribution is 5.86. The first kappa shape index (κ1) is 20.1. The van der Waals surface area contributed by atoms with E-state index in [1.807, 2.05) is 0 Å². The molecule has 0 amide bonds. The van der Waals surface area contributed by atoms with Gasteiger partial charge in [0.05, 0.1) is 6.61 Å². The third-order valence-corrected chi connectivity index (χ3v) is 2.41. The molecule has 1 unspecified atom stereocenters. The van der Waals surface area contributed by atoms with Crippen LogP contribution in [0.4, 0.5) is 17.6 Å². The number of aliphatic carboxylic acids is 1. The molecule has 22 heavy (non-hydrogen) atoms. The van der Waals surface area contributed by atoms with Crippen molar-refractivity contribution >= 4 is 11.9 Å². The third-order valence-electron chi connectivity index (χ3n) is 2.41. The summed E-state index contributed by atoms with van der Waals surface area (Å²) in [5, 5.41) is 7.89. The average molecular weight is 328 g/mol. The van der Waals surface area contributed by atoms with Crippen molar-refractivity contribution in [2.75, 3.05) is 6.61 Å². The van der Waals surface area contributed by atoms with Crippen molar-refractivity contribution < 1.29 is 41.7 Å². The minimum atomic E-state index is -4.42. The van der Waals surface area contributed by atoms with Crippen LogP contribution < -0.4 is 0 Å². The van der Waals surface area contributed by atoms with Crippen molar-refractivity contribution in [1.82, 2.24) is 0 Å². The third kappa shape index (κ3) is 5.14. The number of carbonyl (C=O) groups excluding carboxylic acids is 1. The number of hydrogen-bond donors (Lipinski definition) is 1. The topological polar surface area (TPSA) is 72.8 Å². The van der Waals surface area contributed by atoms with Crippen LogP contribution in [0.15, 0.2) is 24.3 Å². The maximum Gasteiger partial charge on any atom is 0.422 e. The number of rotatable bonds is 5. The Labute approximate surface area is 124 Å². The molecule has 5 nitrogen and oxygen atoms in total. The fraction of sp³-hybridized carbons (Fsp3) is 0.538. The van der Waals surface area contributed by atoms with E-state index >= 15 is 0 Å². The van der Waals surface area contributed by atoms with E-state index < -0.39 is 43.1 Å². The summed E-state index contributed by atoms with van der Waals surface area (Å²) >= 11 is 0. The van der Waals surface area contributed by atoms with Gasteiger partial charge in [0.15, 0.2) is 0 Å². The molecule has 0 bridgehead atoms. The molecule has 1 rings (SSSR count). The second-order valence-corrected chi connectivity index (χ2v) is 4.54. The first-order chi connectivity index (χ1) is 9.83. The Balaban J connectivity index is 0.000000626. The molecule has 1 aliphatic heterocycles. The van der Waals surface area contributed by atoms with Gasteiger partial charge in [0.2, 0.25) is 0 Å². The summed E-state index contributed by atoms with van der Waals surface area (Å²) in [6.07, 6.45) is -6.82. The lowest BCUT2D eigenvalue weighted by molar-refractivity contribution is -0.477. The van der Waals surface area contributed by atoms with E-state index in [2.05, 4.69) is 22.6 Å². The predicted molar refractivity (Wildman–Crippen MR) is 67.6 cm³/mol. The maximum atomic E-state index is 12.6. The molecule has 0 radical (unpaired) electrons. The molecule has 0 saturated carbocycles. The first-order valence-corrected chi connectivity index (χ1v) is 5.97. The number of hydrogen-bond acceptors (Lipinski definition) is 4. The molecule has 9 heteroatoms. The summed E-state index contributed by atoms with van der Waals surface area (Å²) < 4.78 is 57.8. The van der Waals surface area contributed by atoms with Gasteiger partial charge in [-0.15, -0.1) is 0 Å². The molecule has 1 aliphatic rings. The van der Waals surface area contributed by atoms with Crippen LogP contribution in [0.3, 0.4) is 0 Å².